The van der Waals surface area contributed by atoms with E-state index < -0.39 is 0 Å². The van der Waals surface area contributed by atoms with Crippen molar-refractivity contribution >= 4 is 11.6 Å². The Bertz CT molecular complexity index is 433. The molecule has 0 radical (unpaired) electrons. The van der Waals surface area contributed by atoms with Crippen molar-refractivity contribution in [1.82, 2.24) is 5.32 Å². The van der Waals surface area contributed by atoms with E-state index >= 15 is 0 Å². The highest BCUT2D eigenvalue weighted by atomic mass is 19.1. The predicted octanol–water partition coefficient (Wildman–Crippen LogP) is 3.18. The van der Waals surface area contributed by atoms with Crippen molar-refractivity contribution < 1.29 is 9.18 Å². The van der Waals surface area contributed by atoms with Gasteiger partial charge in [0.15, 0.2) is 0 Å². The van der Waals surface area contributed by atoms with Crippen molar-refractivity contribution in [3.05, 3.63) is 30.1 Å². The van der Waals surface area contributed by atoms with Crippen LogP contribution in [0, 0.1) is 17.7 Å². The largest absolute Gasteiger partial charge is 0.325 e. The van der Waals surface area contributed by atoms with Crippen molar-refractivity contribution in [2.24, 2.45) is 11.8 Å². The minimum atomic E-state index is -0.299. The van der Waals surface area contributed by atoms with E-state index in [0.717, 1.165) is 12.5 Å². The molecule has 1 saturated carbocycles. The first kappa shape index (κ1) is 15.0. The highest BCUT2D eigenvalue weighted by Crippen LogP contribution is 2.28. The van der Waals surface area contributed by atoms with Gasteiger partial charge in [-0.25, -0.2) is 4.39 Å². The van der Waals surface area contributed by atoms with Gasteiger partial charge in [-0.1, -0.05) is 26.2 Å². The van der Waals surface area contributed by atoms with Crippen LogP contribution in [0.15, 0.2) is 24.3 Å². The quantitative estimate of drug-likeness (QED) is 0.868. The zero-order valence-corrected chi connectivity index (χ0v) is 12.0. The molecule has 1 aromatic carbocycles. The molecule has 3 nitrogen and oxygen atoms in total. The first-order chi connectivity index (χ1) is 9.65. The number of benzene rings is 1. The van der Waals surface area contributed by atoms with E-state index in [4.69, 9.17) is 0 Å². The van der Waals surface area contributed by atoms with Gasteiger partial charge in [-0.3, -0.25) is 4.79 Å². The molecule has 1 aliphatic rings. The smallest absolute Gasteiger partial charge is 0.238 e. The Morgan fingerprint density at radius 2 is 1.95 bits per heavy atom. The molecule has 0 heterocycles. The van der Waals surface area contributed by atoms with Crippen molar-refractivity contribution in [3.8, 4) is 0 Å². The van der Waals surface area contributed by atoms with Crippen LogP contribution in [-0.2, 0) is 4.79 Å². The van der Waals surface area contributed by atoms with Gasteiger partial charge < -0.3 is 10.6 Å². The van der Waals surface area contributed by atoms with Crippen molar-refractivity contribution in [2.45, 2.75) is 32.6 Å². The van der Waals surface area contributed by atoms with E-state index in [0.29, 0.717) is 18.2 Å². The molecule has 1 aromatic rings. The predicted molar refractivity (Wildman–Crippen MR) is 79.0 cm³/mol. The molecule has 0 bridgehead atoms. The fourth-order valence-electron chi connectivity index (χ4n) is 2.81. The summed E-state index contributed by atoms with van der Waals surface area (Å²) in [5, 5.41) is 5.98. The lowest BCUT2D eigenvalue weighted by Gasteiger charge is -2.28. The number of rotatable bonds is 5. The van der Waals surface area contributed by atoms with Gasteiger partial charge in [-0.05, 0) is 49.1 Å². The Morgan fingerprint density at radius 1 is 1.25 bits per heavy atom. The van der Waals surface area contributed by atoms with Gasteiger partial charge in [-0.15, -0.1) is 0 Å². The van der Waals surface area contributed by atoms with E-state index in [1.807, 2.05) is 0 Å². The van der Waals surface area contributed by atoms with Crippen molar-refractivity contribution in [3.63, 3.8) is 0 Å². The van der Waals surface area contributed by atoms with Crippen LogP contribution in [0.4, 0.5) is 10.1 Å². The summed E-state index contributed by atoms with van der Waals surface area (Å²) in [7, 11) is 0. The maximum absolute atomic E-state index is 12.7. The molecule has 2 rings (SSSR count). The molecule has 1 fully saturated rings. The first-order valence-corrected chi connectivity index (χ1v) is 7.41. The van der Waals surface area contributed by atoms with E-state index in [9.17, 15) is 9.18 Å². The van der Waals surface area contributed by atoms with Crippen LogP contribution in [0.2, 0.25) is 0 Å². The minimum absolute atomic E-state index is 0.0833. The van der Waals surface area contributed by atoms with Crippen LogP contribution >= 0.6 is 0 Å². The van der Waals surface area contributed by atoms with Gasteiger partial charge in [-0.2, -0.15) is 0 Å². The number of carbonyl (C=O) groups excluding carboxylic acids is 1. The first-order valence-electron chi connectivity index (χ1n) is 7.41. The number of halogens is 1. The van der Waals surface area contributed by atoms with Crippen LogP contribution in [0.5, 0.6) is 0 Å². The van der Waals surface area contributed by atoms with Crippen LogP contribution in [0.1, 0.15) is 32.6 Å². The van der Waals surface area contributed by atoms with Gasteiger partial charge in [0.1, 0.15) is 5.82 Å². The Labute approximate surface area is 120 Å². The Kier molecular flexibility index (Phi) is 5.53. The van der Waals surface area contributed by atoms with Crippen LogP contribution in [-0.4, -0.2) is 19.0 Å². The zero-order chi connectivity index (χ0) is 14.4. The lowest BCUT2D eigenvalue weighted by molar-refractivity contribution is -0.115. The second kappa shape index (κ2) is 7.39. The van der Waals surface area contributed by atoms with E-state index in [2.05, 4.69) is 17.6 Å². The van der Waals surface area contributed by atoms with Crippen LogP contribution in [0.3, 0.4) is 0 Å². The normalized spacial score (nSPS) is 22.5. The SMILES string of the molecule is CC1CCCCC1CNCC(=O)Nc1ccc(F)cc1. The fourth-order valence-corrected chi connectivity index (χ4v) is 2.81. The summed E-state index contributed by atoms with van der Waals surface area (Å²) >= 11 is 0. The van der Waals surface area contributed by atoms with Crippen molar-refractivity contribution in [2.75, 3.05) is 18.4 Å². The molecule has 2 N–H and O–H groups in total. The highest BCUT2D eigenvalue weighted by Gasteiger charge is 2.20. The third-order valence-corrected chi connectivity index (χ3v) is 4.11. The Morgan fingerprint density at radius 3 is 2.65 bits per heavy atom. The number of carbonyl (C=O) groups is 1. The van der Waals surface area contributed by atoms with E-state index in [-0.39, 0.29) is 11.7 Å². The number of hydrogen-bond acceptors (Lipinski definition) is 2. The molecule has 2 atom stereocenters. The van der Waals surface area contributed by atoms with Crippen molar-refractivity contribution in [1.29, 1.82) is 0 Å². The maximum atomic E-state index is 12.7. The number of anilines is 1. The molecule has 1 aliphatic carbocycles. The lowest BCUT2D eigenvalue weighted by Crippen LogP contribution is -2.34. The Balaban J connectivity index is 1.68. The average Bonchev–Trinajstić information content (AvgIpc) is 2.43. The zero-order valence-electron chi connectivity index (χ0n) is 12.0. The van der Waals surface area contributed by atoms with Gasteiger partial charge in [0.05, 0.1) is 6.54 Å². The molecular formula is C16H23FN2O. The molecule has 0 aromatic heterocycles. The fraction of sp³-hybridized carbons (Fsp3) is 0.562. The summed E-state index contributed by atoms with van der Waals surface area (Å²) in [6, 6.07) is 5.81. The summed E-state index contributed by atoms with van der Waals surface area (Å²) in [5.41, 5.74) is 0.629. The molecule has 110 valence electrons. The van der Waals surface area contributed by atoms with Gasteiger partial charge in [0, 0.05) is 5.69 Å². The monoisotopic (exact) mass is 278 g/mol. The summed E-state index contributed by atoms with van der Waals surface area (Å²) in [5.74, 6) is 1.05. The number of nitrogens with one attached hydrogen (secondary N) is 2. The number of hydrogen-bond donors (Lipinski definition) is 2. The van der Waals surface area contributed by atoms with Gasteiger partial charge >= 0.3 is 0 Å². The van der Waals surface area contributed by atoms with Gasteiger partial charge in [0.25, 0.3) is 0 Å². The maximum Gasteiger partial charge on any atom is 0.238 e. The van der Waals surface area contributed by atoms with Crippen LogP contribution in [0.25, 0.3) is 0 Å². The molecule has 2 unspecified atom stereocenters. The summed E-state index contributed by atoms with van der Waals surface area (Å²) in [6.45, 7) is 3.50. The molecule has 0 saturated heterocycles. The minimum Gasteiger partial charge on any atom is -0.325 e. The molecule has 0 spiro atoms. The number of amides is 1. The summed E-state index contributed by atoms with van der Waals surface area (Å²) in [6.07, 6.45) is 5.20. The molecule has 0 aliphatic heterocycles. The summed E-state index contributed by atoms with van der Waals surface area (Å²) in [4.78, 5) is 11.8. The molecule has 1 amide bonds. The topological polar surface area (TPSA) is 41.1 Å². The van der Waals surface area contributed by atoms with Gasteiger partial charge in [0.2, 0.25) is 5.91 Å². The molecule has 4 heteroatoms. The second-order valence-electron chi connectivity index (χ2n) is 5.71. The third-order valence-electron chi connectivity index (χ3n) is 4.11. The molecule has 20 heavy (non-hydrogen) atoms. The third kappa shape index (κ3) is 4.60. The molecular weight excluding hydrogens is 255 g/mol. The second-order valence-corrected chi connectivity index (χ2v) is 5.71. The Hall–Kier alpha value is -1.42. The lowest BCUT2D eigenvalue weighted by atomic mass is 9.80. The average molecular weight is 278 g/mol. The van der Waals surface area contributed by atoms with Crippen LogP contribution < -0.4 is 10.6 Å². The summed E-state index contributed by atoms with van der Waals surface area (Å²) < 4.78 is 12.7. The highest BCUT2D eigenvalue weighted by molar-refractivity contribution is 5.92. The standard InChI is InChI=1S/C16H23FN2O/c1-12-4-2-3-5-13(12)10-18-11-16(20)19-15-8-6-14(17)7-9-15/h6-9,12-13,18H,2-5,10-11H2,1H3,(H,19,20). The van der Waals surface area contributed by atoms with E-state index in [1.54, 1.807) is 12.1 Å². The van der Waals surface area contributed by atoms with E-state index in [1.165, 1.54) is 37.8 Å².